The summed E-state index contributed by atoms with van der Waals surface area (Å²) in [5.41, 5.74) is 2.84. The molecule has 0 aromatic heterocycles. The minimum atomic E-state index is -0.167. The molecule has 0 spiro atoms. The average Bonchev–Trinajstić information content (AvgIpc) is 2.60. The van der Waals surface area contributed by atoms with Crippen LogP contribution < -0.4 is 5.32 Å². The van der Waals surface area contributed by atoms with Crippen LogP contribution in [0.4, 0.5) is 4.39 Å². The van der Waals surface area contributed by atoms with Crippen molar-refractivity contribution in [2.75, 3.05) is 13.2 Å². The molecule has 2 aromatic carbocycles. The van der Waals surface area contributed by atoms with Crippen LogP contribution in [0, 0.1) is 11.2 Å². The van der Waals surface area contributed by atoms with E-state index in [1.54, 1.807) is 12.1 Å². The van der Waals surface area contributed by atoms with Crippen molar-refractivity contribution >= 4 is 0 Å². The van der Waals surface area contributed by atoms with Gasteiger partial charge in [-0.25, -0.2) is 4.39 Å². The Hall–Kier alpha value is -1.71. The lowest BCUT2D eigenvalue weighted by molar-refractivity contribution is -0.672. The van der Waals surface area contributed by atoms with Crippen LogP contribution in [0.1, 0.15) is 44.2 Å². The van der Waals surface area contributed by atoms with E-state index in [1.165, 1.54) is 17.5 Å². The predicted molar refractivity (Wildman–Crippen MR) is 103 cm³/mol. The zero-order chi connectivity index (χ0) is 18.5. The smallest absolute Gasteiger partial charge is 0.123 e. The molecule has 1 aliphatic heterocycles. The van der Waals surface area contributed by atoms with Gasteiger partial charge in [0.2, 0.25) is 0 Å². The summed E-state index contributed by atoms with van der Waals surface area (Å²) in [5, 5.41) is 2.35. The topological polar surface area (TPSA) is 25.8 Å². The summed E-state index contributed by atoms with van der Waals surface area (Å²) >= 11 is 0. The van der Waals surface area contributed by atoms with Gasteiger partial charge in [-0.2, -0.15) is 0 Å². The van der Waals surface area contributed by atoms with Crippen LogP contribution in [0.2, 0.25) is 0 Å². The third kappa shape index (κ3) is 5.39. The van der Waals surface area contributed by atoms with Gasteiger partial charge in [-0.3, -0.25) is 0 Å². The van der Waals surface area contributed by atoms with Crippen LogP contribution >= 0.6 is 0 Å². The van der Waals surface area contributed by atoms with Gasteiger partial charge in [-0.1, -0.05) is 42.5 Å². The van der Waals surface area contributed by atoms with E-state index in [2.05, 4.69) is 49.5 Å². The fourth-order valence-electron chi connectivity index (χ4n) is 4.37. The van der Waals surface area contributed by atoms with Crippen molar-refractivity contribution in [1.82, 2.24) is 0 Å². The lowest BCUT2D eigenvalue weighted by Gasteiger charge is -2.45. The van der Waals surface area contributed by atoms with Gasteiger partial charge in [-0.05, 0) is 56.2 Å². The number of nitrogens with two attached hydrogens (primary N) is 1. The summed E-state index contributed by atoms with van der Waals surface area (Å²) < 4.78 is 19.0. The summed E-state index contributed by atoms with van der Waals surface area (Å²) in [5.74, 6) is -0.167. The maximum absolute atomic E-state index is 13.0. The van der Waals surface area contributed by atoms with Crippen molar-refractivity contribution in [1.29, 1.82) is 0 Å². The molecule has 0 radical (unpaired) electrons. The highest BCUT2D eigenvalue weighted by Crippen LogP contribution is 2.43. The van der Waals surface area contributed by atoms with Crippen molar-refractivity contribution in [3.63, 3.8) is 0 Å². The second-order valence-corrected chi connectivity index (χ2v) is 8.36. The molecule has 1 fully saturated rings. The molecule has 26 heavy (non-hydrogen) atoms. The van der Waals surface area contributed by atoms with E-state index in [9.17, 15) is 4.39 Å². The Morgan fingerprint density at radius 3 is 2.42 bits per heavy atom. The highest BCUT2D eigenvalue weighted by molar-refractivity contribution is 5.17. The molecular formula is C23H31FNO+. The molecular weight excluding hydrogens is 325 g/mol. The molecule has 1 saturated heterocycles. The fourth-order valence-corrected chi connectivity index (χ4v) is 4.37. The molecule has 1 atom stereocenters. The molecule has 1 heterocycles. The maximum Gasteiger partial charge on any atom is 0.123 e. The molecule has 0 saturated carbocycles. The Bertz CT molecular complexity index is 683. The van der Waals surface area contributed by atoms with Crippen molar-refractivity contribution < 1.29 is 14.4 Å². The number of hydrogen-bond acceptors (Lipinski definition) is 1. The molecule has 2 nitrogen and oxygen atoms in total. The van der Waals surface area contributed by atoms with Crippen molar-refractivity contribution in [3.05, 3.63) is 71.5 Å². The molecule has 0 unspecified atom stereocenters. The van der Waals surface area contributed by atoms with Crippen molar-refractivity contribution in [2.24, 2.45) is 5.41 Å². The van der Waals surface area contributed by atoms with E-state index in [-0.39, 0.29) is 11.4 Å². The van der Waals surface area contributed by atoms with Gasteiger partial charge < -0.3 is 10.1 Å². The number of halogens is 1. The molecule has 3 rings (SSSR count). The van der Waals surface area contributed by atoms with Crippen LogP contribution in [0.25, 0.3) is 0 Å². The summed E-state index contributed by atoms with van der Waals surface area (Å²) in [6.07, 6.45) is 4.51. The van der Waals surface area contributed by atoms with Gasteiger partial charge >= 0.3 is 0 Å². The van der Waals surface area contributed by atoms with Gasteiger partial charge in [-0.15, -0.1) is 0 Å². The predicted octanol–water partition coefficient (Wildman–Crippen LogP) is 4.10. The van der Waals surface area contributed by atoms with Gasteiger partial charge in [0, 0.05) is 18.6 Å². The van der Waals surface area contributed by atoms with E-state index in [1.807, 2.05) is 12.1 Å². The maximum atomic E-state index is 13.0. The van der Waals surface area contributed by atoms with E-state index in [4.69, 9.17) is 4.74 Å². The zero-order valence-corrected chi connectivity index (χ0v) is 16.0. The zero-order valence-electron chi connectivity index (χ0n) is 16.0. The first-order valence-corrected chi connectivity index (χ1v) is 9.71. The highest BCUT2D eigenvalue weighted by Gasteiger charge is 2.40. The second kappa shape index (κ2) is 8.32. The lowest BCUT2D eigenvalue weighted by Crippen LogP contribution is -2.83. The highest BCUT2D eigenvalue weighted by atomic mass is 19.1. The van der Waals surface area contributed by atoms with E-state index in [0.717, 1.165) is 39.0 Å². The minimum Gasteiger partial charge on any atom is -0.376 e. The van der Waals surface area contributed by atoms with Crippen LogP contribution in [0.5, 0.6) is 0 Å². The second-order valence-electron chi connectivity index (χ2n) is 8.36. The monoisotopic (exact) mass is 356 g/mol. The molecule has 140 valence electrons. The van der Waals surface area contributed by atoms with E-state index < -0.39 is 0 Å². The van der Waals surface area contributed by atoms with E-state index >= 15 is 0 Å². The van der Waals surface area contributed by atoms with Crippen LogP contribution in [-0.4, -0.2) is 18.8 Å². The van der Waals surface area contributed by atoms with Gasteiger partial charge in [0.1, 0.15) is 12.4 Å². The number of rotatable bonds is 7. The first kappa shape index (κ1) is 19.1. The first-order valence-electron chi connectivity index (χ1n) is 9.71. The number of quaternary nitrogens is 1. The van der Waals surface area contributed by atoms with Crippen LogP contribution in [0.3, 0.4) is 0 Å². The number of benzene rings is 2. The lowest BCUT2D eigenvalue weighted by atomic mass is 9.68. The van der Waals surface area contributed by atoms with Gasteiger partial charge in [0.15, 0.2) is 0 Å². The summed E-state index contributed by atoms with van der Waals surface area (Å²) in [6, 6.07) is 17.7. The largest absolute Gasteiger partial charge is 0.376 e. The molecule has 1 aliphatic rings. The first-order chi connectivity index (χ1) is 12.5. The van der Waals surface area contributed by atoms with Gasteiger partial charge in [0.25, 0.3) is 0 Å². The Morgan fingerprint density at radius 1 is 1.00 bits per heavy atom. The minimum absolute atomic E-state index is 0.0516. The summed E-state index contributed by atoms with van der Waals surface area (Å²) in [7, 11) is 0. The SMILES string of the molecule is CC1(C)C[C@@](CC[NH2+]Cc2ccc(F)cc2)(Cc2ccccc2)CCO1. The average molecular weight is 357 g/mol. The summed E-state index contributed by atoms with van der Waals surface area (Å²) in [4.78, 5) is 0. The Balaban J connectivity index is 1.61. The van der Waals surface area contributed by atoms with Crippen molar-refractivity contribution in [2.45, 2.75) is 51.7 Å². The molecule has 2 aromatic rings. The fraction of sp³-hybridized carbons (Fsp3) is 0.478. The Morgan fingerprint density at radius 2 is 1.73 bits per heavy atom. The molecule has 3 heteroatoms. The molecule has 0 bridgehead atoms. The third-order valence-corrected chi connectivity index (χ3v) is 5.52. The number of ether oxygens (including phenoxy) is 1. The molecule has 2 N–H and O–H groups in total. The van der Waals surface area contributed by atoms with Crippen LogP contribution in [-0.2, 0) is 17.7 Å². The standard InChI is InChI=1S/C23H30FNO/c1-22(2)18-23(13-15-26-22,16-19-6-4-3-5-7-19)12-14-25-17-20-8-10-21(24)11-9-20/h3-11,25H,12-18H2,1-2H3/p+1/t23-/m1/s1. The quantitative estimate of drug-likeness (QED) is 0.743. The molecule has 0 amide bonds. The molecule has 0 aliphatic carbocycles. The normalized spacial score (nSPS) is 22.3. The number of hydrogen-bond donors (Lipinski definition) is 1. The summed E-state index contributed by atoms with van der Waals surface area (Å²) in [6.45, 7) is 7.27. The third-order valence-electron chi connectivity index (χ3n) is 5.52. The Labute approximate surface area is 156 Å². The van der Waals surface area contributed by atoms with E-state index in [0.29, 0.717) is 5.41 Å². The van der Waals surface area contributed by atoms with Crippen LogP contribution in [0.15, 0.2) is 54.6 Å². The van der Waals surface area contributed by atoms with Crippen molar-refractivity contribution in [3.8, 4) is 0 Å². The van der Waals surface area contributed by atoms with Gasteiger partial charge in [0.05, 0.1) is 12.1 Å². The Kier molecular flexibility index (Phi) is 6.10.